The summed E-state index contributed by atoms with van der Waals surface area (Å²) in [6.07, 6.45) is 5.55. The summed E-state index contributed by atoms with van der Waals surface area (Å²) in [5, 5.41) is 38.8. The van der Waals surface area contributed by atoms with Gasteiger partial charge in [0.2, 0.25) is 0 Å². The van der Waals surface area contributed by atoms with Crippen molar-refractivity contribution in [3.63, 3.8) is 0 Å². The van der Waals surface area contributed by atoms with Crippen molar-refractivity contribution in [3.05, 3.63) is 455 Å². The maximum Gasteiger partial charge on any atom is 0.410 e. The molecule has 0 saturated carbocycles. The van der Waals surface area contributed by atoms with Crippen molar-refractivity contribution in [3.8, 4) is 0 Å². The number of aryl methyl sites for hydroxylation is 1. The monoisotopic (exact) mass is 2210 g/mol. The number of hydrogen-bond donors (Lipinski definition) is 13. The molecule has 13 aromatic carbocycles. The highest BCUT2D eigenvalue weighted by Gasteiger charge is 2.37. The van der Waals surface area contributed by atoms with Gasteiger partial charge in [0.25, 0.3) is 0 Å². The van der Waals surface area contributed by atoms with Crippen LogP contribution in [0.15, 0.2) is 300 Å². The Morgan fingerprint density at radius 1 is 0.333 bits per heavy atom. The molecule has 28 heteroatoms. The number of halogens is 9. The van der Waals surface area contributed by atoms with Crippen LogP contribution in [0, 0.1) is 24.4 Å². The van der Waals surface area contributed by atoms with Gasteiger partial charge >= 0.3 is 12.2 Å². The molecular formula is C122H113Br2Cl4F3N14O5. The highest BCUT2D eigenvalue weighted by Crippen LogP contribution is 2.44. The number of aromatic nitrogens is 7. The number of nitrogens with one attached hydrogen (secondary N) is 12. The van der Waals surface area contributed by atoms with Crippen molar-refractivity contribution >= 4 is 167 Å². The fraction of sp³-hybridized carbons (Fsp3) is 0.230. The number of amides is 2. The van der Waals surface area contributed by atoms with Gasteiger partial charge in [-0.3, -0.25) is 0 Å². The molecule has 0 bridgehead atoms. The molecule has 7 unspecified atom stereocenters. The highest BCUT2D eigenvalue weighted by molar-refractivity contribution is 9.10. The van der Waals surface area contributed by atoms with Crippen LogP contribution in [-0.2, 0) is 67.5 Å². The van der Waals surface area contributed by atoms with E-state index in [2.05, 4.69) is 234 Å². The van der Waals surface area contributed by atoms with E-state index in [1.807, 2.05) is 122 Å². The zero-order valence-corrected chi connectivity index (χ0v) is 89.1. The number of H-pyrrole nitrogens is 7. The molecule has 2 amide bonds. The highest BCUT2D eigenvalue weighted by atomic mass is 79.9. The number of carbonyl (C=O) groups excluding carboxylic acids is 2. The van der Waals surface area contributed by atoms with Crippen LogP contribution < -0.4 is 26.6 Å². The van der Waals surface area contributed by atoms with Gasteiger partial charge in [0, 0.05) is 183 Å². The molecule has 27 rings (SSSR count). The van der Waals surface area contributed by atoms with E-state index in [4.69, 9.17) is 55.9 Å². The predicted molar refractivity (Wildman–Crippen MR) is 605 cm³/mol. The van der Waals surface area contributed by atoms with Crippen molar-refractivity contribution < 1.29 is 37.3 Å². The fourth-order valence-corrected chi connectivity index (χ4v) is 23.7. The number of rotatable bonds is 10. The molecule has 7 aliphatic heterocycles. The summed E-state index contributed by atoms with van der Waals surface area (Å²) in [4.78, 5) is 51.9. The van der Waals surface area contributed by atoms with Crippen molar-refractivity contribution in [2.24, 2.45) is 0 Å². The van der Waals surface area contributed by atoms with E-state index >= 15 is 0 Å². The number of benzene rings is 13. The first kappa shape index (κ1) is 103. The third-order valence-electron chi connectivity index (χ3n) is 29.4. The number of fused-ring (bicyclic) bond motifs is 21. The maximum atomic E-state index is 13.5. The summed E-state index contributed by atoms with van der Waals surface area (Å²) in [5.74, 6) is -0.469. The second kappa shape index (κ2) is 46.0. The Kier molecular flexibility index (Phi) is 31.5. The normalized spacial score (nSPS) is 17.7. The van der Waals surface area contributed by atoms with Crippen LogP contribution in [-0.4, -0.2) is 121 Å². The van der Waals surface area contributed by atoms with E-state index in [9.17, 15) is 27.9 Å². The van der Waals surface area contributed by atoms with Crippen LogP contribution in [0.3, 0.4) is 0 Å². The number of ether oxygens (including phenoxy) is 2. The fourth-order valence-electron chi connectivity index (χ4n) is 22.4. The third kappa shape index (κ3) is 22.5. The quantitative estimate of drug-likeness (QED) is 0.0617. The lowest BCUT2D eigenvalue weighted by atomic mass is 9.89. The Morgan fingerprint density at radius 3 is 1.11 bits per heavy atom. The van der Waals surface area contributed by atoms with E-state index in [1.165, 1.54) is 118 Å². The average molecular weight is 2210 g/mol. The summed E-state index contributed by atoms with van der Waals surface area (Å²) >= 11 is 31.5. The number of aliphatic hydroxyl groups is 1. The zero-order chi connectivity index (χ0) is 103. The molecule has 150 heavy (non-hydrogen) atoms. The average Bonchev–Trinajstić information content (AvgIpc) is 1.52. The Bertz CT molecular complexity index is 8010. The third-order valence-corrected chi connectivity index (χ3v) is 31.3. The Morgan fingerprint density at radius 2 is 0.667 bits per heavy atom. The standard InChI is InChI=1S/C20H19ClN2O2.C18H17BrN2.C18H17ClN2.C18H17FN2.2C17H14ClFN2.C14H15BrN2O3/c1-2-25-20(24)23-11-16(13-6-4-3-5-7-13)19-17(12-23)15-10-14(21)8-9-18(15)22-19;2*19-13-6-7-16-15(11-13)14-8-9-20-17(18(14)21-16)10-12-4-2-1-3-5-12;1-11-2-4-12(5-3-11)17-18-14(8-9-20-17)15-10-13(19)6-7-16(15)21-18;18-11-3-1-10(2-4-11)16-17-13(7-8-20-16)14-9-12(19)5-6-15(14)21-17;18-11-3-1-2-10(8-11)16-17-13(6-7-20-16)14-9-12(19)4-5-15(14)21-17;1-2-20-14(19)17-6-10-9-5-8(15)3-4-11(9)16-13(10)12(18)7-17/h3-10,16,22H,2,11-12H2,1H3;2*1-7,11,17,20-21H,8-10H2;2-7,10,17,20-21H,8-9H2,1H3;1-6,9,16,20-21H,7-8H2;1-5,8-9,16,20-21H,6-7H2;3-5,12,16,18H,2,6-7H2,1H3. The van der Waals surface area contributed by atoms with Gasteiger partial charge in [0.15, 0.2) is 0 Å². The summed E-state index contributed by atoms with van der Waals surface area (Å²) in [6.45, 7) is 12.9. The molecule has 20 aromatic rings. The van der Waals surface area contributed by atoms with Gasteiger partial charge in [-0.05, 0) is 292 Å². The van der Waals surface area contributed by atoms with Gasteiger partial charge in [-0.2, -0.15) is 0 Å². The molecule has 0 aliphatic carbocycles. The Labute approximate surface area is 903 Å². The van der Waals surface area contributed by atoms with Gasteiger partial charge < -0.3 is 85.9 Å². The molecule has 0 saturated heterocycles. The maximum absolute atomic E-state index is 13.5. The van der Waals surface area contributed by atoms with E-state index in [1.54, 1.807) is 36.1 Å². The second-order valence-electron chi connectivity index (χ2n) is 38.9. The minimum Gasteiger partial charge on any atom is -0.450 e. The molecule has 14 heterocycles. The largest absolute Gasteiger partial charge is 0.450 e. The second-order valence-corrected chi connectivity index (χ2v) is 42.5. The number of aromatic amines is 7. The van der Waals surface area contributed by atoms with Crippen molar-refractivity contribution in [2.45, 2.75) is 121 Å². The van der Waals surface area contributed by atoms with Gasteiger partial charge in [-0.15, -0.1) is 0 Å². The topological polar surface area (TPSA) is 250 Å². The lowest BCUT2D eigenvalue weighted by Crippen LogP contribution is -2.38. The molecule has 7 aliphatic rings. The predicted octanol–water partition coefficient (Wildman–Crippen LogP) is 28.7. The van der Waals surface area contributed by atoms with Crippen molar-refractivity contribution in [1.82, 2.24) is 71.3 Å². The minimum absolute atomic E-state index is 0.0721. The van der Waals surface area contributed by atoms with Gasteiger partial charge in [-0.1, -0.05) is 223 Å². The zero-order valence-electron chi connectivity index (χ0n) is 82.9. The summed E-state index contributed by atoms with van der Waals surface area (Å²) in [6, 6.07) is 96.1. The molecule has 19 nitrogen and oxygen atoms in total. The van der Waals surface area contributed by atoms with Crippen LogP contribution in [0.2, 0.25) is 20.1 Å². The molecule has 7 atom stereocenters. The molecule has 0 spiro atoms. The summed E-state index contributed by atoms with van der Waals surface area (Å²) < 4.78 is 52.9. The summed E-state index contributed by atoms with van der Waals surface area (Å²) in [7, 11) is 0. The Hall–Kier alpha value is -13.2. The molecule has 764 valence electrons. The number of hydrogen-bond acceptors (Lipinski definition) is 10. The first-order valence-electron chi connectivity index (χ1n) is 51.0. The first-order valence-corrected chi connectivity index (χ1v) is 54.1. The van der Waals surface area contributed by atoms with Crippen molar-refractivity contribution in [1.29, 1.82) is 0 Å². The number of aliphatic hydroxyl groups excluding tert-OH is 1. The van der Waals surface area contributed by atoms with E-state index in [0.717, 1.165) is 201 Å². The van der Waals surface area contributed by atoms with E-state index < -0.39 is 6.10 Å². The van der Waals surface area contributed by atoms with E-state index in [-0.39, 0.29) is 60.2 Å². The van der Waals surface area contributed by atoms with Crippen molar-refractivity contribution in [2.75, 3.05) is 59.0 Å². The van der Waals surface area contributed by atoms with Crippen LogP contribution >= 0.6 is 78.3 Å². The number of carbonyl (C=O) groups is 2. The molecule has 0 radical (unpaired) electrons. The van der Waals surface area contributed by atoms with Crippen LogP contribution in [0.25, 0.3) is 76.3 Å². The van der Waals surface area contributed by atoms with Gasteiger partial charge in [-0.25, -0.2) is 22.8 Å². The molecule has 13 N–H and O–H groups in total. The van der Waals surface area contributed by atoms with Crippen LogP contribution in [0.1, 0.15) is 174 Å². The smallest absolute Gasteiger partial charge is 0.410 e. The lowest BCUT2D eigenvalue weighted by molar-refractivity contribution is 0.0622. The molecule has 0 fully saturated rings. The Balaban J connectivity index is 0.000000102. The summed E-state index contributed by atoms with van der Waals surface area (Å²) in [5.41, 5.74) is 32.8. The van der Waals surface area contributed by atoms with Gasteiger partial charge in [0.1, 0.15) is 23.6 Å². The lowest BCUT2D eigenvalue weighted by Gasteiger charge is -2.32. The number of β-amino-alcohol motifs (C(OH)–C–C–N with tert-alkyl or cyclic N) is 1. The molecule has 7 aromatic heterocycles. The van der Waals surface area contributed by atoms with Gasteiger partial charge in [0.05, 0.1) is 68.8 Å². The number of nitrogens with zero attached hydrogens (tertiary/aromatic N) is 2. The minimum atomic E-state index is -0.714. The SMILES string of the molecule is Brc1ccc2[nH]c3c(c2c1)CCNC3Cc1ccccc1.CCOC(=O)N1Cc2c([nH]c3ccc(Br)cc23)C(O)C1.CCOC(=O)N1Cc2c([nH]c3ccc(Cl)cc23)C(c2ccccc2)C1.Cc1ccc(C2NCCc3c2[nH]c2ccc(F)cc32)cc1.Clc1ccc2[nH]c3c(c2c1)CCNC3Cc1ccccc1.Fc1ccc2[nH]c3c(c2c1)CCNC3c1ccc(Cl)cc1.Fc1ccc2[nH]c3c(c2c1)CCNC3c1cccc(Cl)c1. The van der Waals surface area contributed by atoms with Crippen LogP contribution in [0.5, 0.6) is 0 Å². The molecular weight excluding hydrogens is 2100 g/mol. The first-order chi connectivity index (χ1) is 73.0. The van der Waals surface area contributed by atoms with E-state index in [0.29, 0.717) is 50.0 Å². The van der Waals surface area contributed by atoms with Crippen LogP contribution in [0.4, 0.5) is 22.8 Å².